The summed E-state index contributed by atoms with van der Waals surface area (Å²) in [6.07, 6.45) is 0. The molecule has 1 aromatic rings. The molecule has 0 heterocycles. The van der Waals surface area contributed by atoms with Gasteiger partial charge < -0.3 is 5.73 Å². The molecular formula is C15H26N2O2S. The average Bonchev–Trinajstić information content (AvgIpc) is 2.34. The summed E-state index contributed by atoms with van der Waals surface area (Å²) in [5.41, 5.74) is 7.63. The maximum absolute atomic E-state index is 11.9. The van der Waals surface area contributed by atoms with Crippen LogP contribution in [0.5, 0.6) is 0 Å². The number of anilines is 1. The van der Waals surface area contributed by atoms with Crippen LogP contribution in [0.25, 0.3) is 0 Å². The third kappa shape index (κ3) is 5.13. The van der Waals surface area contributed by atoms with Crippen molar-refractivity contribution in [3.8, 4) is 0 Å². The van der Waals surface area contributed by atoms with Gasteiger partial charge >= 0.3 is 0 Å². The van der Waals surface area contributed by atoms with E-state index in [0.29, 0.717) is 12.6 Å². The minimum Gasteiger partial charge on any atom is -0.399 e. The highest BCUT2D eigenvalue weighted by Gasteiger charge is 2.19. The molecule has 0 aliphatic heterocycles. The monoisotopic (exact) mass is 298 g/mol. The summed E-state index contributed by atoms with van der Waals surface area (Å²) in [4.78, 5) is 2.16. The fourth-order valence-electron chi connectivity index (χ4n) is 1.93. The Balaban J connectivity index is 2.71. The highest BCUT2D eigenvalue weighted by molar-refractivity contribution is 7.92. The molecule has 4 nitrogen and oxygen atoms in total. The zero-order valence-corrected chi connectivity index (χ0v) is 13.7. The smallest absolute Gasteiger partial charge is 0.153 e. The van der Waals surface area contributed by atoms with Crippen LogP contribution < -0.4 is 5.73 Å². The molecule has 0 saturated heterocycles. The molecule has 0 aliphatic carbocycles. The Hall–Kier alpha value is -1.07. The molecule has 0 bridgehead atoms. The predicted molar refractivity (Wildman–Crippen MR) is 85.3 cm³/mol. The van der Waals surface area contributed by atoms with Crippen molar-refractivity contribution >= 4 is 15.5 Å². The first kappa shape index (κ1) is 17.0. The SMILES string of the molecule is CC(C)N(CCS(=O)(=O)C(C)C)Cc1cccc(N)c1. The number of hydrogen-bond donors (Lipinski definition) is 1. The van der Waals surface area contributed by atoms with E-state index >= 15 is 0 Å². The summed E-state index contributed by atoms with van der Waals surface area (Å²) in [7, 11) is -2.99. The van der Waals surface area contributed by atoms with Crippen LogP contribution in [-0.2, 0) is 16.4 Å². The maximum Gasteiger partial charge on any atom is 0.153 e. The van der Waals surface area contributed by atoms with Gasteiger partial charge in [-0.3, -0.25) is 4.90 Å². The van der Waals surface area contributed by atoms with Crippen LogP contribution >= 0.6 is 0 Å². The van der Waals surface area contributed by atoms with E-state index in [1.807, 2.05) is 24.3 Å². The number of nitrogens with two attached hydrogens (primary N) is 1. The van der Waals surface area contributed by atoms with Crippen molar-refractivity contribution in [1.29, 1.82) is 0 Å². The molecule has 0 aromatic heterocycles. The summed E-state index contributed by atoms with van der Waals surface area (Å²) >= 11 is 0. The van der Waals surface area contributed by atoms with Gasteiger partial charge in [-0.05, 0) is 45.4 Å². The molecule has 114 valence electrons. The van der Waals surface area contributed by atoms with Crippen molar-refractivity contribution < 1.29 is 8.42 Å². The molecule has 0 amide bonds. The van der Waals surface area contributed by atoms with Crippen molar-refractivity contribution in [2.75, 3.05) is 18.0 Å². The van der Waals surface area contributed by atoms with Crippen LogP contribution in [-0.4, -0.2) is 36.9 Å². The number of sulfone groups is 1. The van der Waals surface area contributed by atoms with Crippen LogP contribution in [0.15, 0.2) is 24.3 Å². The van der Waals surface area contributed by atoms with Crippen LogP contribution in [0.2, 0.25) is 0 Å². The van der Waals surface area contributed by atoms with Gasteiger partial charge in [0.25, 0.3) is 0 Å². The summed E-state index contributed by atoms with van der Waals surface area (Å²) in [5, 5.41) is -0.316. The van der Waals surface area contributed by atoms with E-state index in [2.05, 4.69) is 18.7 Å². The fraction of sp³-hybridized carbons (Fsp3) is 0.600. The number of nitrogen functional groups attached to an aromatic ring is 1. The Morgan fingerprint density at radius 3 is 2.35 bits per heavy atom. The van der Waals surface area contributed by atoms with E-state index in [1.165, 1.54) is 0 Å². The second-order valence-electron chi connectivity index (χ2n) is 5.72. The van der Waals surface area contributed by atoms with Gasteiger partial charge in [-0.15, -0.1) is 0 Å². The largest absolute Gasteiger partial charge is 0.399 e. The van der Waals surface area contributed by atoms with E-state index in [0.717, 1.165) is 17.8 Å². The minimum atomic E-state index is -2.99. The molecule has 0 radical (unpaired) electrons. The Morgan fingerprint density at radius 1 is 1.20 bits per heavy atom. The predicted octanol–water partition coefficient (Wildman–Crippen LogP) is 2.30. The molecular weight excluding hydrogens is 272 g/mol. The lowest BCUT2D eigenvalue weighted by Crippen LogP contribution is -2.36. The average molecular weight is 298 g/mol. The lowest BCUT2D eigenvalue weighted by molar-refractivity contribution is 0.226. The van der Waals surface area contributed by atoms with E-state index in [9.17, 15) is 8.42 Å². The normalized spacial score (nSPS) is 12.6. The molecule has 0 unspecified atom stereocenters. The van der Waals surface area contributed by atoms with Crippen LogP contribution in [0, 0.1) is 0 Å². The zero-order chi connectivity index (χ0) is 15.3. The molecule has 20 heavy (non-hydrogen) atoms. The van der Waals surface area contributed by atoms with Crippen molar-refractivity contribution in [3.63, 3.8) is 0 Å². The third-order valence-corrected chi connectivity index (χ3v) is 5.64. The van der Waals surface area contributed by atoms with Crippen LogP contribution in [0.3, 0.4) is 0 Å². The number of benzene rings is 1. The van der Waals surface area contributed by atoms with Crippen molar-refractivity contribution in [3.05, 3.63) is 29.8 Å². The molecule has 2 N–H and O–H groups in total. The maximum atomic E-state index is 11.9. The lowest BCUT2D eigenvalue weighted by Gasteiger charge is -2.27. The minimum absolute atomic E-state index is 0.200. The van der Waals surface area contributed by atoms with Gasteiger partial charge in [0.2, 0.25) is 0 Å². The molecule has 0 aliphatic rings. The summed E-state index contributed by atoms with van der Waals surface area (Å²) in [5.74, 6) is 0.200. The summed E-state index contributed by atoms with van der Waals surface area (Å²) in [6.45, 7) is 8.88. The van der Waals surface area contributed by atoms with E-state index in [-0.39, 0.29) is 11.0 Å². The van der Waals surface area contributed by atoms with Gasteiger partial charge in [0.1, 0.15) is 0 Å². The lowest BCUT2D eigenvalue weighted by atomic mass is 10.1. The molecule has 0 atom stereocenters. The van der Waals surface area contributed by atoms with Crippen molar-refractivity contribution in [1.82, 2.24) is 4.90 Å². The highest BCUT2D eigenvalue weighted by Crippen LogP contribution is 2.12. The summed E-state index contributed by atoms with van der Waals surface area (Å²) < 4.78 is 23.8. The second-order valence-corrected chi connectivity index (χ2v) is 8.40. The Morgan fingerprint density at radius 2 is 1.85 bits per heavy atom. The first-order chi connectivity index (χ1) is 9.22. The van der Waals surface area contributed by atoms with E-state index in [1.54, 1.807) is 13.8 Å². The number of nitrogens with zero attached hydrogens (tertiary/aromatic N) is 1. The molecule has 0 spiro atoms. The van der Waals surface area contributed by atoms with Gasteiger partial charge in [0.15, 0.2) is 9.84 Å². The standard InChI is InChI=1S/C15H26N2O2S/c1-12(2)17(8-9-20(18,19)13(3)4)11-14-6-5-7-15(16)10-14/h5-7,10,12-13H,8-9,11,16H2,1-4H3. The van der Waals surface area contributed by atoms with Crippen molar-refractivity contribution in [2.24, 2.45) is 0 Å². The molecule has 0 fully saturated rings. The molecule has 1 rings (SSSR count). The van der Waals surface area contributed by atoms with Gasteiger partial charge in [-0.2, -0.15) is 0 Å². The van der Waals surface area contributed by atoms with Crippen LogP contribution in [0.1, 0.15) is 33.3 Å². The van der Waals surface area contributed by atoms with Crippen LogP contribution in [0.4, 0.5) is 5.69 Å². The van der Waals surface area contributed by atoms with Gasteiger partial charge in [-0.1, -0.05) is 12.1 Å². The third-order valence-electron chi connectivity index (χ3n) is 3.45. The van der Waals surface area contributed by atoms with E-state index in [4.69, 9.17) is 5.73 Å². The Bertz CT molecular complexity index is 524. The Kier molecular flexibility index (Phi) is 6.02. The van der Waals surface area contributed by atoms with Gasteiger partial charge in [0.05, 0.1) is 11.0 Å². The van der Waals surface area contributed by atoms with Gasteiger partial charge in [0, 0.05) is 24.8 Å². The zero-order valence-electron chi connectivity index (χ0n) is 12.8. The van der Waals surface area contributed by atoms with E-state index < -0.39 is 9.84 Å². The summed E-state index contributed by atoms with van der Waals surface area (Å²) in [6, 6.07) is 8.02. The molecule has 5 heteroatoms. The van der Waals surface area contributed by atoms with Gasteiger partial charge in [-0.25, -0.2) is 8.42 Å². The first-order valence-electron chi connectivity index (χ1n) is 7.02. The topological polar surface area (TPSA) is 63.4 Å². The number of hydrogen-bond acceptors (Lipinski definition) is 4. The molecule has 1 aromatic carbocycles. The fourth-order valence-corrected chi connectivity index (χ4v) is 2.89. The first-order valence-corrected chi connectivity index (χ1v) is 8.74. The number of rotatable bonds is 7. The van der Waals surface area contributed by atoms with Crippen molar-refractivity contribution in [2.45, 2.75) is 45.5 Å². The second kappa shape index (κ2) is 7.09. The highest BCUT2D eigenvalue weighted by atomic mass is 32.2. The Labute approximate surface area is 122 Å². The molecule has 0 saturated carbocycles. The quantitative estimate of drug-likeness (QED) is 0.785.